The molecule has 0 radical (unpaired) electrons. The predicted molar refractivity (Wildman–Crippen MR) is 66.9 cm³/mol. The lowest BCUT2D eigenvalue weighted by molar-refractivity contribution is -0.118. The maximum Gasteiger partial charge on any atom is 0.140 e. The zero-order valence-corrected chi connectivity index (χ0v) is 10.1. The number of piperidine rings is 1. The molecule has 0 spiro atoms. The van der Waals surface area contributed by atoms with E-state index in [4.69, 9.17) is 0 Å². The second kappa shape index (κ2) is 4.65. The van der Waals surface area contributed by atoms with Gasteiger partial charge in [-0.3, -0.25) is 4.79 Å². The van der Waals surface area contributed by atoms with Gasteiger partial charge in [-0.1, -0.05) is 0 Å². The Morgan fingerprint density at radius 3 is 2.71 bits per heavy atom. The van der Waals surface area contributed by atoms with Gasteiger partial charge in [0, 0.05) is 24.7 Å². The Balaban J connectivity index is 1.68. The molecular formula is C14H20N2O. The van der Waals surface area contributed by atoms with E-state index >= 15 is 0 Å². The molecule has 92 valence electrons. The Morgan fingerprint density at radius 2 is 2.00 bits per heavy atom. The third-order valence-corrected chi connectivity index (χ3v) is 4.47. The summed E-state index contributed by atoms with van der Waals surface area (Å²) in [6.45, 7) is 2.26. The molecule has 3 heteroatoms. The Kier molecular flexibility index (Phi) is 3.02. The minimum Gasteiger partial charge on any atom is -0.367 e. The summed E-state index contributed by atoms with van der Waals surface area (Å²) in [5.41, 5.74) is 1.19. The van der Waals surface area contributed by atoms with E-state index in [2.05, 4.69) is 10.3 Å². The van der Waals surface area contributed by atoms with Crippen LogP contribution in [0.25, 0.3) is 0 Å². The molecule has 2 fully saturated rings. The van der Waals surface area contributed by atoms with Crippen molar-refractivity contribution in [1.29, 1.82) is 0 Å². The van der Waals surface area contributed by atoms with Crippen molar-refractivity contribution in [3.05, 3.63) is 24.0 Å². The summed E-state index contributed by atoms with van der Waals surface area (Å²) in [5, 5.41) is 3.40. The maximum atomic E-state index is 12.1. The van der Waals surface area contributed by atoms with Gasteiger partial charge in [0.2, 0.25) is 0 Å². The number of aromatic amines is 1. The van der Waals surface area contributed by atoms with Crippen LogP contribution in [0.2, 0.25) is 0 Å². The summed E-state index contributed by atoms with van der Waals surface area (Å²) in [7, 11) is 0. The minimum atomic E-state index is 0.168. The molecule has 3 rings (SSSR count). The van der Waals surface area contributed by atoms with Crippen molar-refractivity contribution in [2.75, 3.05) is 13.1 Å². The average molecular weight is 232 g/mol. The Bertz CT molecular complexity index is 379. The maximum absolute atomic E-state index is 12.1. The molecule has 3 nitrogen and oxygen atoms in total. The van der Waals surface area contributed by atoms with E-state index in [9.17, 15) is 4.79 Å². The molecule has 1 aromatic rings. The molecular weight excluding hydrogens is 212 g/mol. The lowest BCUT2D eigenvalue weighted by atomic mass is 9.83. The predicted octanol–water partition coefficient (Wildman–Crippen LogP) is 2.08. The quantitative estimate of drug-likeness (QED) is 0.820. The third-order valence-electron chi connectivity index (χ3n) is 4.47. The van der Waals surface area contributed by atoms with Gasteiger partial charge in [-0.25, -0.2) is 0 Å². The summed E-state index contributed by atoms with van der Waals surface area (Å²) in [6, 6.07) is 2.05. The largest absolute Gasteiger partial charge is 0.367 e. The average Bonchev–Trinajstić information content (AvgIpc) is 2.99. The van der Waals surface area contributed by atoms with E-state index in [1.54, 1.807) is 0 Å². The summed E-state index contributed by atoms with van der Waals surface area (Å²) in [6.07, 6.45) is 8.27. The number of ketones is 1. The molecule has 0 aromatic carbocycles. The summed E-state index contributed by atoms with van der Waals surface area (Å²) < 4.78 is 0. The first-order chi connectivity index (χ1) is 8.34. The number of aromatic nitrogens is 1. The lowest BCUT2D eigenvalue weighted by Gasteiger charge is -2.27. The van der Waals surface area contributed by atoms with Gasteiger partial charge in [0.05, 0.1) is 0 Å². The fourth-order valence-corrected chi connectivity index (χ4v) is 3.47. The van der Waals surface area contributed by atoms with E-state index in [0.717, 1.165) is 31.8 Å². The summed E-state index contributed by atoms with van der Waals surface area (Å²) in [4.78, 5) is 15.2. The van der Waals surface area contributed by atoms with Crippen LogP contribution in [0.4, 0.5) is 0 Å². The molecule has 0 bridgehead atoms. The SMILES string of the molecule is O=C1CC(C2CCNCC2)CC1c1cc[nH]c1. The first-order valence-corrected chi connectivity index (χ1v) is 6.70. The Labute approximate surface area is 102 Å². The van der Waals surface area contributed by atoms with Crippen LogP contribution in [-0.4, -0.2) is 23.9 Å². The van der Waals surface area contributed by atoms with Crippen LogP contribution in [-0.2, 0) is 4.79 Å². The molecule has 1 saturated heterocycles. The van der Waals surface area contributed by atoms with Crippen molar-refractivity contribution < 1.29 is 4.79 Å². The van der Waals surface area contributed by atoms with Crippen LogP contribution in [0.1, 0.15) is 37.2 Å². The Hall–Kier alpha value is -1.09. The zero-order valence-electron chi connectivity index (χ0n) is 10.1. The van der Waals surface area contributed by atoms with Gasteiger partial charge in [0.1, 0.15) is 5.78 Å². The first kappa shape index (κ1) is 11.0. The molecule has 1 aliphatic heterocycles. The molecule has 2 aliphatic rings. The molecule has 17 heavy (non-hydrogen) atoms. The fourth-order valence-electron chi connectivity index (χ4n) is 3.47. The second-order valence-electron chi connectivity index (χ2n) is 5.45. The van der Waals surface area contributed by atoms with Gasteiger partial charge < -0.3 is 10.3 Å². The summed E-state index contributed by atoms with van der Waals surface area (Å²) >= 11 is 0. The number of rotatable bonds is 2. The molecule has 2 atom stereocenters. The number of hydrogen-bond acceptors (Lipinski definition) is 2. The van der Waals surface area contributed by atoms with Crippen molar-refractivity contribution in [2.24, 2.45) is 11.8 Å². The molecule has 1 aliphatic carbocycles. The molecule has 1 aromatic heterocycles. The van der Waals surface area contributed by atoms with E-state index in [1.165, 1.54) is 18.4 Å². The van der Waals surface area contributed by atoms with E-state index in [0.29, 0.717) is 11.7 Å². The molecule has 0 amide bonds. The van der Waals surface area contributed by atoms with Crippen molar-refractivity contribution >= 4 is 5.78 Å². The second-order valence-corrected chi connectivity index (χ2v) is 5.45. The fraction of sp³-hybridized carbons (Fsp3) is 0.643. The highest BCUT2D eigenvalue weighted by Crippen LogP contribution is 2.41. The van der Waals surface area contributed by atoms with E-state index in [-0.39, 0.29) is 5.92 Å². The van der Waals surface area contributed by atoms with Crippen molar-refractivity contribution in [1.82, 2.24) is 10.3 Å². The van der Waals surface area contributed by atoms with Gasteiger partial charge in [-0.05, 0) is 55.8 Å². The molecule has 2 heterocycles. The lowest BCUT2D eigenvalue weighted by Crippen LogP contribution is -2.31. The van der Waals surface area contributed by atoms with Crippen molar-refractivity contribution in [3.8, 4) is 0 Å². The zero-order chi connectivity index (χ0) is 11.7. The molecule has 2 unspecified atom stereocenters. The summed E-state index contributed by atoms with van der Waals surface area (Å²) in [5.74, 6) is 2.02. The minimum absolute atomic E-state index is 0.168. The normalized spacial score (nSPS) is 30.9. The highest BCUT2D eigenvalue weighted by Gasteiger charge is 2.37. The van der Waals surface area contributed by atoms with E-state index < -0.39 is 0 Å². The van der Waals surface area contributed by atoms with Crippen molar-refractivity contribution in [3.63, 3.8) is 0 Å². The highest BCUT2D eigenvalue weighted by atomic mass is 16.1. The van der Waals surface area contributed by atoms with Crippen molar-refractivity contribution in [2.45, 2.75) is 31.6 Å². The van der Waals surface area contributed by atoms with Gasteiger partial charge in [-0.2, -0.15) is 0 Å². The van der Waals surface area contributed by atoms with Gasteiger partial charge in [0.25, 0.3) is 0 Å². The third kappa shape index (κ3) is 2.16. The van der Waals surface area contributed by atoms with Crippen LogP contribution in [0.5, 0.6) is 0 Å². The smallest absolute Gasteiger partial charge is 0.140 e. The van der Waals surface area contributed by atoms with Crippen LogP contribution in [0.3, 0.4) is 0 Å². The number of Topliss-reactive ketones (excluding diaryl/α,β-unsaturated/α-hetero) is 1. The van der Waals surface area contributed by atoms with Crippen LogP contribution < -0.4 is 5.32 Å². The molecule has 2 N–H and O–H groups in total. The number of carbonyl (C=O) groups is 1. The van der Waals surface area contributed by atoms with Crippen LogP contribution in [0.15, 0.2) is 18.5 Å². The number of carbonyl (C=O) groups excluding carboxylic acids is 1. The topological polar surface area (TPSA) is 44.9 Å². The van der Waals surface area contributed by atoms with Gasteiger partial charge >= 0.3 is 0 Å². The van der Waals surface area contributed by atoms with Gasteiger partial charge in [0.15, 0.2) is 0 Å². The standard InChI is InChI=1S/C14H20N2O/c17-14-8-12(10-1-4-15-5-2-10)7-13(14)11-3-6-16-9-11/h3,6,9-10,12-13,15-16H,1-2,4-5,7-8H2. The number of hydrogen-bond donors (Lipinski definition) is 2. The highest BCUT2D eigenvalue weighted by molar-refractivity contribution is 5.88. The van der Waals surface area contributed by atoms with Crippen LogP contribution >= 0.6 is 0 Å². The monoisotopic (exact) mass is 232 g/mol. The Morgan fingerprint density at radius 1 is 1.18 bits per heavy atom. The number of nitrogens with one attached hydrogen (secondary N) is 2. The van der Waals surface area contributed by atoms with Crippen LogP contribution in [0, 0.1) is 11.8 Å². The first-order valence-electron chi connectivity index (χ1n) is 6.70. The van der Waals surface area contributed by atoms with Gasteiger partial charge in [-0.15, -0.1) is 0 Å². The molecule has 1 saturated carbocycles. The number of H-pyrrole nitrogens is 1. The van der Waals surface area contributed by atoms with E-state index in [1.807, 2.05) is 18.5 Å².